The number of rotatable bonds is 4. The molecule has 1 aromatic carbocycles. The molecular weight excluding hydrogens is 318 g/mol. The summed E-state index contributed by atoms with van der Waals surface area (Å²) >= 11 is 0.842. The smallest absolute Gasteiger partial charge is 0.336 e. The van der Waals surface area contributed by atoms with Crippen molar-refractivity contribution in [2.75, 3.05) is 11.5 Å². The molecule has 2 N–H and O–H groups in total. The molecule has 0 aliphatic carbocycles. The molecule has 110 valence electrons. The van der Waals surface area contributed by atoms with Crippen LogP contribution in [-0.2, 0) is 10.0 Å². The Balaban J connectivity index is 1.87. The van der Waals surface area contributed by atoms with Gasteiger partial charge in [-0.15, -0.1) is 11.3 Å². The number of carbonyl (C=O) groups is 1. The maximum Gasteiger partial charge on any atom is 0.336 e. The van der Waals surface area contributed by atoms with Gasteiger partial charge in [0.1, 0.15) is 4.21 Å². The van der Waals surface area contributed by atoms with E-state index in [4.69, 9.17) is 14.6 Å². The summed E-state index contributed by atoms with van der Waals surface area (Å²) in [6, 6.07) is 5.75. The van der Waals surface area contributed by atoms with Crippen molar-refractivity contribution in [2.45, 2.75) is 4.21 Å². The van der Waals surface area contributed by atoms with Crippen LogP contribution >= 0.6 is 11.3 Å². The first kappa shape index (κ1) is 13.7. The minimum absolute atomic E-state index is 0.0638. The molecule has 3 rings (SSSR count). The van der Waals surface area contributed by atoms with Gasteiger partial charge < -0.3 is 14.6 Å². The molecule has 1 aromatic heterocycles. The molecule has 0 saturated carbocycles. The molecule has 0 spiro atoms. The Labute approximate surface area is 123 Å². The lowest BCUT2D eigenvalue weighted by Crippen LogP contribution is -2.11. The van der Waals surface area contributed by atoms with Crippen LogP contribution in [0.2, 0.25) is 0 Å². The van der Waals surface area contributed by atoms with Gasteiger partial charge in [0.2, 0.25) is 6.79 Å². The Morgan fingerprint density at radius 3 is 2.71 bits per heavy atom. The highest BCUT2D eigenvalue weighted by atomic mass is 32.2. The van der Waals surface area contributed by atoms with Gasteiger partial charge in [0.25, 0.3) is 10.0 Å². The summed E-state index contributed by atoms with van der Waals surface area (Å²) in [7, 11) is -3.83. The summed E-state index contributed by atoms with van der Waals surface area (Å²) < 4.78 is 36.9. The van der Waals surface area contributed by atoms with E-state index in [-0.39, 0.29) is 16.6 Å². The number of ether oxygens (including phenoxy) is 2. The normalized spacial score (nSPS) is 13.1. The number of aromatic carboxylic acids is 1. The summed E-state index contributed by atoms with van der Waals surface area (Å²) in [5.41, 5.74) is 0.246. The molecule has 1 aliphatic rings. The second-order valence-electron chi connectivity index (χ2n) is 4.13. The summed E-state index contributed by atoms with van der Waals surface area (Å²) in [6.45, 7) is 0.0957. The van der Waals surface area contributed by atoms with Gasteiger partial charge in [0, 0.05) is 11.4 Å². The van der Waals surface area contributed by atoms with Crippen LogP contribution < -0.4 is 14.2 Å². The molecule has 0 radical (unpaired) electrons. The summed E-state index contributed by atoms with van der Waals surface area (Å²) in [5.74, 6) is -0.175. The first-order valence-corrected chi connectivity index (χ1v) is 8.06. The number of fused-ring (bicyclic) bond motifs is 1. The van der Waals surface area contributed by atoms with Crippen LogP contribution in [0.25, 0.3) is 0 Å². The molecular formula is C12H9NO6S2. The van der Waals surface area contributed by atoms with Gasteiger partial charge in [0.05, 0.1) is 11.3 Å². The molecule has 2 aromatic rings. The summed E-state index contributed by atoms with van der Waals surface area (Å²) in [5, 5.41) is 10.1. The first-order chi connectivity index (χ1) is 9.95. The van der Waals surface area contributed by atoms with E-state index >= 15 is 0 Å². The largest absolute Gasteiger partial charge is 0.478 e. The molecule has 21 heavy (non-hydrogen) atoms. The van der Waals surface area contributed by atoms with Crippen LogP contribution in [0.5, 0.6) is 11.5 Å². The second-order valence-corrected chi connectivity index (χ2v) is 6.95. The summed E-state index contributed by atoms with van der Waals surface area (Å²) in [6.07, 6.45) is 0. The third kappa shape index (κ3) is 2.65. The first-order valence-electron chi connectivity index (χ1n) is 5.70. The zero-order valence-electron chi connectivity index (χ0n) is 10.4. The fourth-order valence-corrected chi connectivity index (χ4v) is 3.94. The van der Waals surface area contributed by atoms with Crippen molar-refractivity contribution < 1.29 is 27.8 Å². The number of nitrogens with one attached hydrogen (secondary N) is 1. The number of carboxylic acids is 1. The number of sulfonamides is 1. The van der Waals surface area contributed by atoms with Gasteiger partial charge in [-0.2, -0.15) is 0 Å². The maximum atomic E-state index is 12.2. The van der Waals surface area contributed by atoms with Gasteiger partial charge in [0.15, 0.2) is 11.5 Å². The molecule has 0 fully saturated rings. The third-order valence-electron chi connectivity index (χ3n) is 2.71. The Kier molecular flexibility index (Phi) is 3.22. The highest BCUT2D eigenvalue weighted by Gasteiger charge is 2.20. The van der Waals surface area contributed by atoms with Crippen LogP contribution in [0, 0.1) is 0 Å². The van der Waals surface area contributed by atoms with Crippen LogP contribution in [-0.4, -0.2) is 26.3 Å². The third-order valence-corrected chi connectivity index (χ3v) is 5.53. The van der Waals surface area contributed by atoms with Gasteiger partial charge in [-0.25, -0.2) is 13.2 Å². The lowest BCUT2D eigenvalue weighted by atomic mass is 10.3. The van der Waals surface area contributed by atoms with Crippen molar-refractivity contribution in [1.82, 2.24) is 0 Å². The zero-order valence-corrected chi connectivity index (χ0v) is 12.0. The SMILES string of the molecule is O=C(O)c1csc(S(=O)(=O)Nc2ccc3c(c2)OCO3)c1. The van der Waals surface area contributed by atoms with E-state index in [2.05, 4.69) is 4.72 Å². The minimum atomic E-state index is -3.83. The van der Waals surface area contributed by atoms with Crippen molar-refractivity contribution in [3.05, 3.63) is 35.2 Å². The average Bonchev–Trinajstić information content (AvgIpc) is 3.07. The summed E-state index contributed by atoms with van der Waals surface area (Å²) in [4.78, 5) is 10.8. The predicted molar refractivity (Wildman–Crippen MR) is 74.7 cm³/mol. The van der Waals surface area contributed by atoms with E-state index in [0.717, 1.165) is 17.4 Å². The van der Waals surface area contributed by atoms with Gasteiger partial charge in [-0.05, 0) is 18.2 Å². The van der Waals surface area contributed by atoms with Crippen LogP contribution in [0.4, 0.5) is 5.69 Å². The van der Waals surface area contributed by atoms with E-state index < -0.39 is 16.0 Å². The van der Waals surface area contributed by atoms with Crippen molar-refractivity contribution in [1.29, 1.82) is 0 Å². The van der Waals surface area contributed by atoms with Crippen molar-refractivity contribution in [3.63, 3.8) is 0 Å². The molecule has 7 nitrogen and oxygen atoms in total. The maximum absolute atomic E-state index is 12.2. The molecule has 0 atom stereocenters. The van der Waals surface area contributed by atoms with Crippen LogP contribution in [0.15, 0.2) is 33.9 Å². The number of hydrogen-bond acceptors (Lipinski definition) is 6. The Bertz CT molecular complexity index is 811. The number of hydrogen-bond donors (Lipinski definition) is 2. The van der Waals surface area contributed by atoms with E-state index in [1.165, 1.54) is 17.5 Å². The van der Waals surface area contributed by atoms with Gasteiger partial charge >= 0.3 is 5.97 Å². The van der Waals surface area contributed by atoms with Crippen molar-refractivity contribution >= 4 is 33.0 Å². The Morgan fingerprint density at radius 2 is 2.00 bits per heavy atom. The van der Waals surface area contributed by atoms with Crippen molar-refractivity contribution in [2.24, 2.45) is 0 Å². The molecule has 0 unspecified atom stereocenters. The highest BCUT2D eigenvalue weighted by molar-refractivity contribution is 7.94. The number of carboxylic acid groups (broad SMARTS) is 1. The highest BCUT2D eigenvalue weighted by Crippen LogP contribution is 2.35. The number of thiophene rings is 1. The van der Waals surface area contributed by atoms with Crippen LogP contribution in [0.1, 0.15) is 10.4 Å². The molecule has 1 aliphatic heterocycles. The van der Waals surface area contributed by atoms with E-state index in [9.17, 15) is 13.2 Å². The van der Waals surface area contributed by atoms with Gasteiger partial charge in [-0.3, -0.25) is 4.72 Å². The van der Waals surface area contributed by atoms with Crippen molar-refractivity contribution in [3.8, 4) is 11.5 Å². The standard InChI is InChI=1S/C12H9NO6S2/c14-12(15)7-3-11(20-5-7)21(16,17)13-8-1-2-9-10(4-8)19-6-18-9/h1-5,13H,6H2,(H,14,15). The molecule has 0 bridgehead atoms. The van der Waals surface area contributed by atoms with Crippen LogP contribution in [0.3, 0.4) is 0 Å². The van der Waals surface area contributed by atoms with E-state index in [0.29, 0.717) is 17.2 Å². The quantitative estimate of drug-likeness (QED) is 0.890. The monoisotopic (exact) mass is 327 g/mol. The Hall–Kier alpha value is -2.26. The zero-order chi connectivity index (χ0) is 15.0. The van der Waals surface area contributed by atoms with Gasteiger partial charge in [-0.1, -0.05) is 0 Å². The molecule has 9 heteroatoms. The minimum Gasteiger partial charge on any atom is -0.478 e. The topological polar surface area (TPSA) is 102 Å². The lowest BCUT2D eigenvalue weighted by molar-refractivity contribution is 0.0697. The molecule has 0 amide bonds. The number of anilines is 1. The Morgan fingerprint density at radius 1 is 1.24 bits per heavy atom. The predicted octanol–water partition coefficient (Wildman–Crippen LogP) is 1.98. The average molecular weight is 327 g/mol. The fourth-order valence-electron chi connectivity index (χ4n) is 1.74. The lowest BCUT2D eigenvalue weighted by Gasteiger charge is -2.06. The van der Waals surface area contributed by atoms with E-state index in [1.807, 2.05) is 0 Å². The molecule has 2 heterocycles. The van der Waals surface area contributed by atoms with E-state index in [1.54, 1.807) is 6.07 Å². The fraction of sp³-hybridized carbons (Fsp3) is 0.0833. The number of benzene rings is 1. The second kappa shape index (κ2) is 4.93. The molecule has 0 saturated heterocycles.